The summed E-state index contributed by atoms with van der Waals surface area (Å²) >= 11 is 0. The van der Waals surface area contributed by atoms with Gasteiger partial charge in [0.2, 0.25) is 11.8 Å². The number of para-hydroxylation sites is 1. The average molecular weight is 549 g/mol. The van der Waals surface area contributed by atoms with Crippen molar-refractivity contribution < 1.29 is 19.1 Å². The molecule has 2 unspecified atom stereocenters. The van der Waals surface area contributed by atoms with Crippen LogP contribution in [0.25, 0.3) is 10.9 Å². The molecule has 4 rings (SSSR count). The number of likely N-dealkylation sites (tertiary alicyclic amines) is 1. The minimum absolute atomic E-state index is 0.0812. The van der Waals surface area contributed by atoms with E-state index >= 15 is 0 Å². The third kappa shape index (κ3) is 7.50. The van der Waals surface area contributed by atoms with Crippen molar-refractivity contribution in [1.29, 1.82) is 0 Å². The number of hydrogen-bond acceptors (Lipinski definition) is 5. The van der Waals surface area contributed by atoms with Crippen molar-refractivity contribution in [3.05, 3.63) is 65.4 Å². The topological polar surface area (TPSA) is 98.8 Å². The third-order valence-corrected chi connectivity index (χ3v) is 7.87. The maximum atomic E-state index is 13.4. The molecular weight excluding hydrogens is 504 g/mol. The van der Waals surface area contributed by atoms with Crippen molar-refractivity contribution in [2.75, 3.05) is 45.8 Å². The maximum Gasteiger partial charge on any atom is 0.226 e. The van der Waals surface area contributed by atoms with Crippen LogP contribution in [0.15, 0.2) is 48.5 Å². The summed E-state index contributed by atoms with van der Waals surface area (Å²) in [5.41, 5.74) is 12.2. The minimum Gasteiger partial charge on any atom is -0.385 e. The monoisotopic (exact) mass is 548 g/mol. The zero-order chi connectivity index (χ0) is 28.5. The molecule has 2 atom stereocenters. The molecule has 216 valence electrons. The van der Waals surface area contributed by atoms with Gasteiger partial charge in [-0.15, -0.1) is 0 Å². The Morgan fingerprint density at radius 2 is 1.82 bits per heavy atom. The molecule has 1 saturated heterocycles. The molecule has 1 aromatic heterocycles. The quantitative estimate of drug-likeness (QED) is 0.304. The van der Waals surface area contributed by atoms with Gasteiger partial charge >= 0.3 is 0 Å². The number of ether oxygens (including phenoxy) is 2. The van der Waals surface area contributed by atoms with E-state index in [1.807, 2.05) is 29.2 Å². The summed E-state index contributed by atoms with van der Waals surface area (Å²) in [7, 11) is 3.32. The van der Waals surface area contributed by atoms with Crippen LogP contribution in [-0.4, -0.2) is 67.8 Å². The van der Waals surface area contributed by atoms with Gasteiger partial charge in [0.25, 0.3) is 0 Å². The standard InChI is InChI=1S/C32H44N4O4/c1-23-28-9-4-5-10-29(28)36(17-7-18-39-2)32(23)25-8-6-16-35(22-25)31(38)21-26(33)20-24-11-13-27(14-12-24)34-30(37)15-19-40-3/h4-5,9-14,25-26H,6-8,15-22,33H2,1-3H3,(H,34,37). The molecule has 0 radical (unpaired) electrons. The predicted octanol–water partition coefficient (Wildman–Crippen LogP) is 4.63. The lowest BCUT2D eigenvalue weighted by Gasteiger charge is -2.34. The fourth-order valence-electron chi connectivity index (χ4n) is 5.93. The first-order valence-electron chi connectivity index (χ1n) is 14.4. The van der Waals surface area contributed by atoms with Gasteiger partial charge in [0.15, 0.2) is 0 Å². The van der Waals surface area contributed by atoms with Gasteiger partial charge in [-0.1, -0.05) is 30.3 Å². The highest BCUT2D eigenvalue weighted by atomic mass is 16.5. The van der Waals surface area contributed by atoms with Crippen LogP contribution < -0.4 is 11.1 Å². The molecule has 8 heteroatoms. The summed E-state index contributed by atoms with van der Waals surface area (Å²) in [6.07, 6.45) is 4.25. The van der Waals surface area contributed by atoms with Gasteiger partial charge in [-0.2, -0.15) is 0 Å². The van der Waals surface area contributed by atoms with Crippen LogP contribution in [0.3, 0.4) is 0 Å². The third-order valence-electron chi connectivity index (χ3n) is 7.87. The molecule has 1 aliphatic heterocycles. The molecule has 3 aromatic rings. The number of piperidine rings is 1. The van der Waals surface area contributed by atoms with E-state index in [0.717, 1.165) is 56.8 Å². The molecular formula is C32H44N4O4. The smallest absolute Gasteiger partial charge is 0.226 e. The van der Waals surface area contributed by atoms with Crippen LogP contribution in [-0.2, 0) is 32.0 Å². The number of aromatic nitrogens is 1. The average Bonchev–Trinajstić information content (AvgIpc) is 3.24. The fourth-order valence-corrected chi connectivity index (χ4v) is 5.93. The lowest BCUT2D eigenvalue weighted by Crippen LogP contribution is -2.42. The van der Waals surface area contributed by atoms with Gasteiger partial charge < -0.3 is 30.0 Å². The summed E-state index contributed by atoms with van der Waals surface area (Å²) in [4.78, 5) is 27.3. The van der Waals surface area contributed by atoms with E-state index in [1.165, 1.54) is 22.2 Å². The summed E-state index contributed by atoms with van der Waals surface area (Å²) in [5.74, 6) is 0.344. The molecule has 3 N–H and O–H groups in total. The number of benzene rings is 2. The van der Waals surface area contributed by atoms with Crippen LogP contribution >= 0.6 is 0 Å². The first-order chi connectivity index (χ1) is 19.4. The summed E-state index contributed by atoms with van der Waals surface area (Å²) in [5, 5.41) is 4.15. The molecule has 2 amide bonds. The van der Waals surface area contributed by atoms with E-state index in [0.29, 0.717) is 31.8 Å². The highest BCUT2D eigenvalue weighted by molar-refractivity contribution is 5.90. The molecule has 0 bridgehead atoms. The van der Waals surface area contributed by atoms with Crippen molar-refractivity contribution >= 4 is 28.4 Å². The van der Waals surface area contributed by atoms with Crippen LogP contribution in [0.4, 0.5) is 5.69 Å². The van der Waals surface area contributed by atoms with Crippen LogP contribution in [0.1, 0.15) is 54.8 Å². The normalized spacial score (nSPS) is 16.3. The summed E-state index contributed by atoms with van der Waals surface area (Å²) in [6.45, 7) is 5.75. The van der Waals surface area contributed by atoms with Crippen LogP contribution in [0, 0.1) is 6.92 Å². The summed E-state index contributed by atoms with van der Waals surface area (Å²) in [6, 6.07) is 16.0. The number of carbonyl (C=O) groups is 2. The number of carbonyl (C=O) groups excluding carboxylic acids is 2. The summed E-state index contributed by atoms with van der Waals surface area (Å²) < 4.78 is 12.7. The number of rotatable bonds is 13. The molecule has 0 aliphatic carbocycles. The first-order valence-corrected chi connectivity index (χ1v) is 14.4. The van der Waals surface area contributed by atoms with E-state index in [1.54, 1.807) is 14.2 Å². The number of nitrogens with two attached hydrogens (primary N) is 1. The number of methoxy groups -OCH3 is 2. The van der Waals surface area contributed by atoms with Gasteiger partial charge in [-0.25, -0.2) is 0 Å². The van der Waals surface area contributed by atoms with E-state index in [4.69, 9.17) is 15.2 Å². The fraction of sp³-hybridized carbons (Fsp3) is 0.500. The molecule has 2 heterocycles. The van der Waals surface area contributed by atoms with Gasteiger partial charge in [-0.3, -0.25) is 9.59 Å². The molecule has 40 heavy (non-hydrogen) atoms. The van der Waals surface area contributed by atoms with E-state index in [9.17, 15) is 9.59 Å². The van der Waals surface area contributed by atoms with Crippen molar-refractivity contribution in [2.24, 2.45) is 5.73 Å². The zero-order valence-electron chi connectivity index (χ0n) is 24.2. The Hall–Kier alpha value is -3.20. The highest BCUT2D eigenvalue weighted by Gasteiger charge is 2.29. The number of nitrogens with zero attached hydrogens (tertiary/aromatic N) is 2. The van der Waals surface area contributed by atoms with Crippen molar-refractivity contribution in [1.82, 2.24) is 9.47 Å². The lowest BCUT2D eigenvalue weighted by atomic mass is 9.91. The Labute approximate surface area is 237 Å². The Morgan fingerprint density at radius 3 is 2.58 bits per heavy atom. The highest BCUT2D eigenvalue weighted by Crippen LogP contribution is 2.36. The predicted molar refractivity (Wildman–Crippen MR) is 160 cm³/mol. The van der Waals surface area contributed by atoms with Crippen molar-refractivity contribution in [3.8, 4) is 0 Å². The number of amides is 2. The number of aryl methyl sites for hydroxylation is 2. The van der Waals surface area contributed by atoms with E-state index < -0.39 is 0 Å². The zero-order valence-corrected chi connectivity index (χ0v) is 24.2. The van der Waals surface area contributed by atoms with Gasteiger partial charge in [-0.05, 0) is 61.9 Å². The molecule has 0 spiro atoms. The van der Waals surface area contributed by atoms with Gasteiger partial charge in [0.1, 0.15) is 0 Å². The second-order valence-corrected chi connectivity index (χ2v) is 10.9. The second-order valence-electron chi connectivity index (χ2n) is 10.9. The Morgan fingerprint density at radius 1 is 1.07 bits per heavy atom. The van der Waals surface area contributed by atoms with Crippen LogP contribution in [0.5, 0.6) is 0 Å². The van der Waals surface area contributed by atoms with Crippen molar-refractivity contribution in [2.45, 2.75) is 64.0 Å². The first kappa shape index (κ1) is 29.8. The number of fused-ring (bicyclic) bond motifs is 1. The lowest BCUT2D eigenvalue weighted by molar-refractivity contribution is -0.132. The second kappa shape index (κ2) is 14.4. The Kier molecular flexibility index (Phi) is 10.7. The SMILES string of the molecule is COCCCn1c(C2CCCN(C(=O)CC(N)Cc3ccc(NC(=O)CCOC)cc3)C2)c(C)c2ccccc21. The number of hydrogen-bond donors (Lipinski definition) is 2. The molecule has 0 saturated carbocycles. The van der Waals surface area contributed by atoms with E-state index in [2.05, 4.69) is 41.1 Å². The molecule has 2 aromatic carbocycles. The van der Waals surface area contributed by atoms with Crippen LogP contribution in [0.2, 0.25) is 0 Å². The molecule has 1 fully saturated rings. The Bertz CT molecular complexity index is 1270. The van der Waals surface area contributed by atoms with E-state index in [-0.39, 0.29) is 17.9 Å². The molecule has 8 nitrogen and oxygen atoms in total. The van der Waals surface area contributed by atoms with Gasteiger partial charge in [0.05, 0.1) is 13.0 Å². The molecule has 1 aliphatic rings. The Balaban J connectivity index is 1.37. The van der Waals surface area contributed by atoms with Gasteiger partial charge in [0, 0.05) is 81.1 Å². The largest absolute Gasteiger partial charge is 0.385 e. The number of nitrogens with one attached hydrogen (secondary N) is 1. The maximum absolute atomic E-state index is 13.4. The number of anilines is 1. The van der Waals surface area contributed by atoms with Crippen molar-refractivity contribution in [3.63, 3.8) is 0 Å². The minimum atomic E-state index is -0.266.